The fourth-order valence-corrected chi connectivity index (χ4v) is 5.62. The Hall–Kier alpha value is -4.35. The molecule has 0 spiro atoms. The van der Waals surface area contributed by atoms with Crippen LogP contribution in [0.1, 0.15) is 65.2 Å². The predicted octanol–water partition coefficient (Wildman–Crippen LogP) is 1.83. The molecule has 1 unspecified atom stereocenters. The average Bonchev–Trinajstić information content (AvgIpc) is 3.57. The molecule has 4 aromatic heterocycles. The first kappa shape index (κ1) is 21.2. The van der Waals surface area contributed by atoms with Crippen molar-refractivity contribution >= 4 is 29.0 Å². The van der Waals surface area contributed by atoms with Crippen molar-refractivity contribution in [1.82, 2.24) is 39.7 Å². The lowest BCUT2D eigenvalue weighted by Crippen LogP contribution is -2.46. The molecule has 12 nitrogen and oxygen atoms in total. The maximum absolute atomic E-state index is 13.0. The van der Waals surface area contributed by atoms with Crippen LogP contribution in [0.2, 0.25) is 0 Å². The van der Waals surface area contributed by atoms with Crippen molar-refractivity contribution < 1.29 is 9.59 Å². The summed E-state index contributed by atoms with van der Waals surface area (Å²) in [6, 6.07) is 3.62. The Kier molecular flexibility index (Phi) is 4.76. The van der Waals surface area contributed by atoms with E-state index in [2.05, 4.69) is 25.3 Å². The zero-order valence-corrected chi connectivity index (χ0v) is 19.0. The third-order valence-electron chi connectivity index (χ3n) is 7.13. The molecule has 5 N–H and O–H groups in total. The molecular weight excluding hydrogens is 448 g/mol. The van der Waals surface area contributed by atoms with Crippen LogP contribution in [-0.2, 0) is 0 Å². The average molecular weight is 473 g/mol. The zero-order chi connectivity index (χ0) is 24.3. The summed E-state index contributed by atoms with van der Waals surface area (Å²) < 4.78 is 1.50. The van der Waals surface area contributed by atoms with E-state index in [9.17, 15) is 9.59 Å². The maximum Gasteiger partial charge on any atom is 0.291 e. The van der Waals surface area contributed by atoms with Crippen LogP contribution in [0.5, 0.6) is 0 Å². The molecule has 6 rings (SSSR count). The van der Waals surface area contributed by atoms with E-state index in [0.717, 1.165) is 24.0 Å². The summed E-state index contributed by atoms with van der Waals surface area (Å²) in [5.41, 5.74) is 15.4. The number of piperidine rings is 1. The van der Waals surface area contributed by atoms with E-state index in [4.69, 9.17) is 16.5 Å². The highest BCUT2D eigenvalue weighted by atomic mass is 16.2. The molecule has 12 heteroatoms. The lowest BCUT2D eigenvalue weighted by molar-refractivity contribution is 0.0556. The van der Waals surface area contributed by atoms with E-state index >= 15 is 0 Å². The molecule has 2 aliphatic rings. The van der Waals surface area contributed by atoms with Gasteiger partial charge in [-0.15, -0.1) is 0 Å². The summed E-state index contributed by atoms with van der Waals surface area (Å²) in [7, 11) is 0. The van der Waals surface area contributed by atoms with E-state index in [-0.39, 0.29) is 41.3 Å². The van der Waals surface area contributed by atoms with Crippen LogP contribution in [0.3, 0.4) is 0 Å². The largest absolute Gasteiger partial charge is 0.384 e. The highest BCUT2D eigenvalue weighted by Crippen LogP contribution is 2.45. The Morgan fingerprint density at radius 3 is 2.49 bits per heavy atom. The van der Waals surface area contributed by atoms with E-state index in [0.29, 0.717) is 35.6 Å². The van der Waals surface area contributed by atoms with Crippen LogP contribution in [0.4, 0.5) is 11.6 Å². The van der Waals surface area contributed by atoms with Gasteiger partial charge in [-0.2, -0.15) is 14.7 Å². The molecule has 2 saturated heterocycles. The van der Waals surface area contributed by atoms with Gasteiger partial charge in [-0.1, -0.05) is 0 Å². The highest BCUT2D eigenvalue weighted by molar-refractivity contribution is 6.00. The number of aromatic nitrogens is 7. The minimum absolute atomic E-state index is 0.0234. The first-order valence-corrected chi connectivity index (χ1v) is 11.5. The van der Waals surface area contributed by atoms with Gasteiger partial charge in [0.1, 0.15) is 18.0 Å². The molecule has 2 aliphatic heterocycles. The first-order valence-electron chi connectivity index (χ1n) is 11.5. The number of amides is 1. The Balaban J connectivity index is 1.41. The minimum Gasteiger partial charge on any atom is -0.384 e. The van der Waals surface area contributed by atoms with Crippen molar-refractivity contribution in [3.63, 3.8) is 0 Å². The molecule has 6 heterocycles. The van der Waals surface area contributed by atoms with Gasteiger partial charge in [0.25, 0.3) is 5.91 Å². The Morgan fingerprint density at radius 1 is 1.09 bits per heavy atom. The highest BCUT2D eigenvalue weighted by Gasteiger charge is 2.45. The number of nitrogens with one attached hydrogen (secondary N) is 1. The molecule has 1 amide bonds. The number of rotatable bonds is 4. The monoisotopic (exact) mass is 472 g/mol. The number of hydrogen-bond acceptors (Lipinski definition) is 9. The number of nitrogen functional groups attached to an aromatic ring is 2. The van der Waals surface area contributed by atoms with Crippen LogP contribution in [0, 0.1) is 0 Å². The lowest BCUT2D eigenvalue weighted by atomic mass is 9.85. The van der Waals surface area contributed by atoms with Crippen molar-refractivity contribution in [3.05, 3.63) is 47.9 Å². The quantitative estimate of drug-likeness (QED) is 0.374. The smallest absolute Gasteiger partial charge is 0.291 e. The second-order valence-corrected chi connectivity index (χ2v) is 9.18. The molecule has 35 heavy (non-hydrogen) atoms. The molecule has 178 valence electrons. The number of anilines is 2. The van der Waals surface area contributed by atoms with E-state index < -0.39 is 0 Å². The number of H-pyrrole nitrogens is 1. The first-order chi connectivity index (χ1) is 16.9. The van der Waals surface area contributed by atoms with Gasteiger partial charge < -0.3 is 16.4 Å². The fraction of sp³-hybridized carbons (Fsp3) is 0.348. The van der Waals surface area contributed by atoms with Crippen molar-refractivity contribution in [1.29, 1.82) is 0 Å². The summed E-state index contributed by atoms with van der Waals surface area (Å²) in [4.78, 5) is 40.8. The van der Waals surface area contributed by atoms with Crippen LogP contribution >= 0.6 is 0 Å². The van der Waals surface area contributed by atoms with Gasteiger partial charge in [-0.05, 0) is 44.7 Å². The molecule has 0 aliphatic carbocycles. The molecular formula is C23H24N10O2. The Morgan fingerprint density at radius 2 is 1.86 bits per heavy atom. The number of carbonyl (C=O) groups is 2. The SMILES string of the molecule is CC(=O)c1c(C2C[C@H]3CC[C@@H](C2)N3C(=O)c2ncn[nH]2)nc2c(-c3ccc(N)nc3)cnn2c1N. The number of aromatic amines is 1. The summed E-state index contributed by atoms with van der Waals surface area (Å²) in [6.07, 6.45) is 7.83. The molecule has 0 aromatic carbocycles. The minimum atomic E-state index is -0.161. The Labute approximate surface area is 199 Å². The van der Waals surface area contributed by atoms with Crippen molar-refractivity contribution in [2.75, 3.05) is 11.5 Å². The number of ketones is 1. The number of carbonyl (C=O) groups excluding carboxylic acids is 2. The summed E-state index contributed by atoms with van der Waals surface area (Å²) >= 11 is 0. The van der Waals surface area contributed by atoms with Crippen LogP contribution in [0.25, 0.3) is 16.8 Å². The second kappa shape index (κ2) is 7.86. The topological polar surface area (TPSA) is 174 Å². The van der Waals surface area contributed by atoms with Gasteiger partial charge in [-0.3, -0.25) is 14.7 Å². The number of nitrogens with zero attached hydrogens (tertiary/aromatic N) is 7. The third kappa shape index (κ3) is 3.32. The molecule has 3 atom stereocenters. The molecule has 0 radical (unpaired) electrons. The van der Waals surface area contributed by atoms with E-state index in [1.807, 2.05) is 11.0 Å². The normalized spacial score (nSPS) is 21.5. The van der Waals surface area contributed by atoms with Gasteiger partial charge in [0.15, 0.2) is 11.4 Å². The summed E-state index contributed by atoms with van der Waals surface area (Å²) in [6.45, 7) is 1.49. The molecule has 0 saturated carbocycles. The van der Waals surface area contributed by atoms with Crippen molar-refractivity contribution in [3.8, 4) is 11.1 Å². The Bertz CT molecular complexity index is 1430. The number of pyridine rings is 1. The van der Waals surface area contributed by atoms with Crippen LogP contribution in [0.15, 0.2) is 30.9 Å². The van der Waals surface area contributed by atoms with Crippen LogP contribution < -0.4 is 11.5 Å². The predicted molar refractivity (Wildman–Crippen MR) is 126 cm³/mol. The van der Waals surface area contributed by atoms with Gasteiger partial charge in [0, 0.05) is 35.3 Å². The number of fused-ring (bicyclic) bond motifs is 3. The lowest BCUT2D eigenvalue weighted by Gasteiger charge is -2.38. The van der Waals surface area contributed by atoms with Crippen molar-refractivity contribution in [2.45, 2.75) is 50.6 Å². The summed E-state index contributed by atoms with van der Waals surface area (Å²) in [5, 5.41) is 10.9. The van der Waals surface area contributed by atoms with E-state index in [1.54, 1.807) is 18.5 Å². The zero-order valence-electron chi connectivity index (χ0n) is 19.0. The molecule has 2 fully saturated rings. The van der Waals surface area contributed by atoms with Gasteiger partial charge >= 0.3 is 0 Å². The number of Topliss-reactive ketones (excluding diaryl/α,β-unsaturated/α-hetero) is 1. The molecule has 4 aromatic rings. The fourth-order valence-electron chi connectivity index (χ4n) is 5.62. The second-order valence-electron chi connectivity index (χ2n) is 9.18. The van der Waals surface area contributed by atoms with Gasteiger partial charge in [-0.25, -0.2) is 15.0 Å². The van der Waals surface area contributed by atoms with Crippen LogP contribution in [-0.4, -0.2) is 63.4 Å². The van der Waals surface area contributed by atoms with Crippen molar-refractivity contribution in [2.24, 2.45) is 0 Å². The summed E-state index contributed by atoms with van der Waals surface area (Å²) in [5.74, 6) is 0.598. The number of hydrogen-bond donors (Lipinski definition) is 3. The van der Waals surface area contributed by atoms with Gasteiger partial charge in [0.2, 0.25) is 5.82 Å². The molecule has 2 bridgehead atoms. The number of nitrogens with two attached hydrogens (primary N) is 2. The third-order valence-corrected chi connectivity index (χ3v) is 7.13. The standard InChI is InChI=1S/C23H24N10O2/c1-11(34)18-19(13-6-14-3-4-15(7-13)32(14)23(35)21-27-10-28-31-21)30-22-16(9-29-33(22)20(18)25)12-2-5-17(24)26-8-12/h2,5,8-10,13-15H,3-4,6-7,25H2,1H3,(H2,24,26)(H,27,28,31)/t13?,14-,15+. The maximum atomic E-state index is 13.0. The van der Waals surface area contributed by atoms with E-state index in [1.165, 1.54) is 17.8 Å². The van der Waals surface area contributed by atoms with Gasteiger partial charge in [0.05, 0.1) is 17.5 Å².